The molecule has 26 heavy (non-hydrogen) atoms. The maximum atomic E-state index is 12.3. The summed E-state index contributed by atoms with van der Waals surface area (Å²) in [6.45, 7) is 0. The number of amides is 2. The number of nitrogens with zero attached hydrogens (tertiary/aromatic N) is 2. The van der Waals surface area contributed by atoms with Crippen LogP contribution < -0.4 is 10.6 Å². The molecule has 2 N–H and O–H groups in total. The first-order valence-electron chi connectivity index (χ1n) is 8.32. The summed E-state index contributed by atoms with van der Waals surface area (Å²) in [5, 5.41) is 11.7. The van der Waals surface area contributed by atoms with Gasteiger partial charge in [-0.05, 0) is 42.5 Å². The summed E-state index contributed by atoms with van der Waals surface area (Å²) in [6, 6.07) is 11.0. The molecule has 0 aliphatic rings. The molecular weight excluding hydrogens is 348 g/mol. The van der Waals surface area contributed by atoms with Crippen molar-refractivity contribution in [3.8, 4) is 0 Å². The van der Waals surface area contributed by atoms with Gasteiger partial charge in [0.2, 0.25) is 5.91 Å². The first-order chi connectivity index (χ1) is 12.6. The number of nitrogens with one attached hydrogen (secondary N) is 2. The molecule has 0 saturated carbocycles. The van der Waals surface area contributed by atoms with E-state index in [2.05, 4.69) is 21.8 Å². The van der Waals surface area contributed by atoms with Gasteiger partial charge in [0, 0.05) is 35.8 Å². The van der Waals surface area contributed by atoms with Crippen LogP contribution in [0.3, 0.4) is 0 Å². The topological polar surface area (TPSA) is 76.0 Å². The van der Waals surface area contributed by atoms with Crippen LogP contribution in [0.15, 0.2) is 54.2 Å². The van der Waals surface area contributed by atoms with Crippen molar-refractivity contribution >= 4 is 34.5 Å². The minimum Gasteiger partial charge on any atom is -0.326 e. The molecule has 6 nitrogen and oxygen atoms in total. The zero-order valence-corrected chi connectivity index (χ0v) is 15.3. The van der Waals surface area contributed by atoms with E-state index in [1.165, 1.54) is 4.88 Å². The van der Waals surface area contributed by atoms with Crippen molar-refractivity contribution in [2.45, 2.75) is 19.3 Å². The van der Waals surface area contributed by atoms with Crippen molar-refractivity contribution in [1.29, 1.82) is 0 Å². The van der Waals surface area contributed by atoms with Gasteiger partial charge >= 0.3 is 0 Å². The predicted octanol–water partition coefficient (Wildman–Crippen LogP) is 3.70. The predicted molar refractivity (Wildman–Crippen MR) is 103 cm³/mol. The van der Waals surface area contributed by atoms with Crippen LogP contribution in [0.1, 0.15) is 28.1 Å². The first-order valence-corrected chi connectivity index (χ1v) is 9.20. The van der Waals surface area contributed by atoms with Crippen molar-refractivity contribution in [3.63, 3.8) is 0 Å². The number of rotatable bonds is 7. The molecular formula is C19H20N4O2S. The molecule has 0 fully saturated rings. The second-order valence-corrected chi connectivity index (χ2v) is 6.95. The Labute approximate surface area is 155 Å². The van der Waals surface area contributed by atoms with Crippen LogP contribution in [-0.4, -0.2) is 21.6 Å². The number of carbonyl (C=O) groups excluding carboxylic acids is 2. The molecule has 0 aliphatic carbocycles. The van der Waals surface area contributed by atoms with Gasteiger partial charge in [0.25, 0.3) is 5.91 Å². The SMILES string of the molecule is Cn1cc(NC(=O)c2cccc(NC(=O)CCCc3cccs3)c2)cn1. The zero-order chi connectivity index (χ0) is 18.4. The molecule has 2 amide bonds. The van der Waals surface area contributed by atoms with Crippen LogP contribution in [0.5, 0.6) is 0 Å². The van der Waals surface area contributed by atoms with E-state index in [-0.39, 0.29) is 11.8 Å². The fourth-order valence-corrected chi connectivity index (χ4v) is 3.28. The van der Waals surface area contributed by atoms with Crippen molar-refractivity contribution in [3.05, 3.63) is 64.6 Å². The lowest BCUT2D eigenvalue weighted by atomic mass is 10.1. The van der Waals surface area contributed by atoms with Gasteiger partial charge in [-0.3, -0.25) is 14.3 Å². The molecule has 3 aromatic rings. The molecule has 134 valence electrons. The van der Waals surface area contributed by atoms with Crippen molar-refractivity contribution in [1.82, 2.24) is 9.78 Å². The maximum absolute atomic E-state index is 12.3. The van der Waals surface area contributed by atoms with Crippen LogP contribution in [0, 0.1) is 0 Å². The third-order valence-corrected chi connectivity index (χ3v) is 4.71. The Morgan fingerprint density at radius 3 is 2.77 bits per heavy atom. The maximum Gasteiger partial charge on any atom is 0.255 e. The fraction of sp³-hybridized carbons (Fsp3) is 0.211. The summed E-state index contributed by atoms with van der Waals surface area (Å²) in [5.41, 5.74) is 1.72. The number of aromatic nitrogens is 2. The first kappa shape index (κ1) is 17.9. The van der Waals surface area contributed by atoms with E-state index in [9.17, 15) is 9.59 Å². The molecule has 2 aromatic heterocycles. The Hall–Kier alpha value is -2.93. The van der Waals surface area contributed by atoms with Gasteiger partial charge in [-0.1, -0.05) is 12.1 Å². The Morgan fingerprint density at radius 1 is 1.15 bits per heavy atom. The summed E-state index contributed by atoms with van der Waals surface area (Å²) in [6.07, 6.45) is 5.45. The number of thiophene rings is 1. The Morgan fingerprint density at radius 2 is 2.04 bits per heavy atom. The number of anilines is 2. The standard InChI is InChI=1S/C19H20N4O2S/c1-23-13-16(12-20-23)22-19(25)14-5-2-6-15(11-14)21-18(24)9-3-7-17-8-4-10-26-17/h2,4-6,8,10-13H,3,7,9H2,1H3,(H,21,24)(H,22,25). The van der Waals surface area contributed by atoms with Crippen LogP contribution in [-0.2, 0) is 18.3 Å². The van der Waals surface area contributed by atoms with Crippen LogP contribution in [0.25, 0.3) is 0 Å². The highest BCUT2D eigenvalue weighted by molar-refractivity contribution is 7.09. The summed E-state index contributed by atoms with van der Waals surface area (Å²) < 4.78 is 1.61. The van der Waals surface area contributed by atoms with E-state index in [1.807, 2.05) is 11.4 Å². The molecule has 0 radical (unpaired) electrons. The van der Waals surface area contributed by atoms with Gasteiger partial charge in [-0.2, -0.15) is 5.10 Å². The normalized spacial score (nSPS) is 10.5. The second-order valence-electron chi connectivity index (χ2n) is 5.92. The van der Waals surface area contributed by atoms with E-state index in [4.69, 9.17) is 0 Å². The lowest BCUT2D eigenvalue weighted by molar-refractivity contribution is -0.116. The summed E-state index contributed by atoms with van der Waals surface area (Å²) in [5.74, 6) is -0.293. The van der Waals surface area contributed by atoms with Crippen LogP contribution in [0.4, 0.5) is 11.4 Å². The average molecular weight is 368 g/mol. The third kappa shape index (κ3) is 5.03. The van der Waals surface area contributed by atoms with Gasteiger partial charge in [0.1, 0.15) is 0 Å². The zero-order valence-electron chi connectivity index (χ0n) is 14.4. The van der Waals surface area contributed by atoms with Crippen molar-refractivity contribution in [2.75, 3.05) is 10.6 Å². The average Bonchev–Trinajstić information content (AvgIpc) is 3.27. The number of carbonyl (C=O) groups is 2. The number of benzene rings is 1. The molecule has 0 atom stereocenters. The molecule has 1 aromatic carbocycles. The number of aryl methyl sites for hydroxylation is 2. The van der Waals surface area contributed by atoms with E-state index in [1.54, 1.807) is 59.7 Å². The summed E-state index contributed by atoms with van der Waals surface area (Å²) in [7, 11) is 1.78. The fourth-order valence-electron chi connectivity index (χ4n) is 2.53. The minimum absolute atomic E-state index is 0.0497. The summed E-state index contributed by atoms with van der Waals surface area (Å²) >= 11 is 1.70. The van der Waals surface area contributed by atoms with Gasteiger partial charge in [0.15, 0.2) is 0 Å². The molecule has 0 unspecified atom stereocenters. The molecule has 0 saturated heterocycles. The molecule has 2 heterocycles. The molecule has 3 rings (SSSR count). The van der Waals surface area contributed by atoms with Gasteiger partial charge in [-0.25, -0.2) is 0 Å². The number of hydrogen-bond donors (Lipinski definition) is 2. The van der Waals surface area contributed by atoms with Gasteiger partial charge < -0.3 is 10.6 Å². The highest BCUT2D eigenvalue weighted by Gasteiger charge is 2.09. The Bertz CT molecular complexity index is 887. The van der Waals surface area contributed by atoms with Crippen LogP contribution in [0.2, 0.25) is 0 Å². The Balaban J connectivity index is 1.52. The lowest BCUT2D eigenvalue weighted by Gasteiger charge is -2.07. The van der Waals surface area contributed by atoms with Crippen LogP contribution >= 0.6 is 11.3 Å². The van der Waals surface area contributed by atoms with E-state index >= 15 is 0 Å². The smallest absolute Gasteiger partial charge is 0.255 e. The van der Waals surface area contributed by atoms with E-state index in [0.717, 1.165) is 12.8 Å². The highest BCUT2D eigenvalue weighted by atomic mass is 32.1. The quantitative estimate of drug-likeness (QED) is 0.668. The Kier molecular flexibility index (Phi) is 5.80. The molecule has 0 aliphatic heterocycles. The molecule has 0 spiro atoms. The van der Waals surface area contributed by atoms with Crippen molar-refractivity contribution < 1.29 is 9.59 Å². The van der Waals surface area contributed by atoms with Gasteiger partial charge in [0.05, 0.1) is 11.9 Å². The lowest BCUT2D eigenvalue weighted by Crippen LogP contribution is -2.14. The third-order valence-electron chi connectivity index (χ3n) is 3.78. The molecule has 7 heteroatoms. The number of hydrogen-bond acceptors (Lipinski definition) is 4. The van der Waals surface area contributed by atoms with E-state index < -0.39 is 0 Å². The van der Waals surface area contributed by atoms with Gasteiger partial charge in [-0.15, -0.1) is 11.3 Å². The minimum atomic E-state index is -0.244. The van der Waals surface area contributed by atoms with Crippen molar-refractivity contribution in [2.24, 2.45) is 7.05 Å². The highest BCUT2D eigenvalue weighted by Crippen LogP contribution is 2.15. The van der Waals surface area contributed by atoms with E-state index in [0.29, 0.717) is 23.4 Å². The molecule has 0 bridgehead atoms. The largest absolute Gasteiger partial charge is 0.326 e. The monoisotopic (exact) mass is 368 g/mol. The second kappa shape index (κ2) is 8.44. The summed E-state index contributed by atoms with van der Waals surface area (Å²) in [4.78, 5) is 25.7.